The summed E-state index contributed by atoms with van der Waals surface area (Å²) in [4.78, 5) is 22.8. The van der Waals surface area contributed by atoms with Crippen LogP contribution in [0.3, 0.4) is 0 Å². The molecule has 0 spiro atoms. The minimum absolute atomic E-state index is 0.0268. The van der Waals surface area contributed by atoms with Crippen molar-refractivity contribution in [3.63, 3.8) is 0 Å². The minimum atomic E-state index is -0.944. The summed E-state index contributed by atoms with van der Waals surface area (Å²) >= 11 is 0. The summed E-state index contributed by atoms with van der Waals surface area (Å²) in [5, 5.41) is 19.6. The van der Waals surface area contributed by atoms with Gasteiger partial charge in [-0.25, -0.2) is 4.79 Å². The average molecular weight is 457 g/mol. The topological polar surface area (TPSA) is 102 Å². The molecule has 0 aromatic heterocycles. The molecule has 0 saturated heterocycles. The van der Waals surface area contributed by atoms with Crippen LogP contribution in [0.25, 0.3) is 0 Å². The molecule has 2 aromatic carbocycles. The lowest BCUT2D eigenvalue weighted by Gasteiger charge is -2.23. The summed E-state index contributed by atoms with van der Waals surface area (Å²) < 4.78 is 17.2. The number of carboxylic acid groups (broad SMARTS) is 1. The lowest BCUT2D eigenvalue weighted by atomic mass is 10.0. The number of unbranched alkanes of at least 4 members (excludes halogenated alkanes) is 2. The highest BCUT2D eigenvalue weighted by Gasteiger charge is 2.25. The fourth-order valence-electron chi connectivity index (χ4n) is 3.90. The van der Waals surface area contributed by atoms with Gasteiger partial charge in [-0.15, -0.1) is 0 Å². The summed E-state index contributed by atoms with van der Waals surface area (Å²) in [7, 11) is 0. The van der Waals surface area contributed by atoms with Crippen LogP contribution in [0.2, 0.25) is 0 Å². The Morgan fingerprint density at radius 2 is 1.85 bits per heavy atom. The molecule has 1 aliphatic rings. The maximum atomic E-state index is 11.7. The molecule has 0 bridgehead atoms. The number of carbonyl (C=O) groups is 2. The highest BCUT2D eigenvalue weighted by molar-refractivity contribution is 5.97. The van der Waals surface area contributed by atoms with E-state index >= 15 is 0 Å². The van der Waals surface area contributed by atoms with Crippen molar-refractivity contribution in [2.45, 2.75) is 64.9 Å². The third-order valence-electron chi connectivity index (χ3n) is 5.69. The Morgan fingerprint density at radius 1 is 1.09 bits per heavy atom. The van der Waals surface area contributed by atoms with E-state index in [0.29, 0.717) is 60.9 Å². The predicted molar refractivity (Wildman–Crippen MR) is 124 cm³/mol. The number of aromatic hydroxyl groups is 1. The molecule has 0 saturated carbocycles. The second-order valence-corrected chi connectivity index (χ2v) is 8.26. The molecule has 7 nitrogen and oxygen atoms in total. The van der Waals surface area contributed by atoms with Crippen molar-refractivity contribution < 1.29 is 34.0 Å². The average Bonchev–Trinajstić information content (AvgIpc) is 2.79. The Bertz CT molecular complexity index is 983. The van der Waals surface area contributed by atoms with Gasteiger partial charge in [0.15, 0.2) is 11.9 Å². The van der Waals surface area contributed by atoms with Gasteiger partial charge >= 0.3 is 5.97 Å². The quantitative estimate of drug-likeness (QED) is 0.344. The number of rotatable bonds is 12. The molecule has 0 fully saturated rings. The lowest BCUT2D eigenvalue weighted by molar-refractivity contribution is -0.145. The van der Waals surface area contributed by atoms with E-state index in [4.69, 9.17) is 19.3 Å². The Labute approximate surface area is 194 Å². The van der Waals surface area contributed by atoms with Gasteiger partial charge in [-0.1, -0.05) is 19.4 Å². The number of ketones is 1. The van der Waals surface area contributed by atoms with Crippen LogP contribution in [0.15, 0.2) is 30.3 Å². The first-order valence-electron chi connectivity index (χ1n) is 11.5. The zero-order valence-electron chi connectivity index (χ0n) is 19.3. The van der Waals surface area contributed by atoms with Crippen LogP contribution < -0.4 is 14.2 Å². The van der Waals surface area contributed by atoms with Gasteiger partial charge in [0.2, 0.25) is 0 Å². The van der Waals surface area contributed by atoms with Crippen LogP contribution in [0.4, 0.5) is 0 Å². The maximum absolute atomic E-state index is 11.7. The minimum Gasteiger partial charge on any atom is -0.507 e. The Morgan fingerprint density at radius 3 is 2.55 bits per heavy atom. The first-order valence-corrected chi connectivity index (χ1v) is 11.5. The van der Waals surface area contributed by atoms with Crippen molar-refractivity contribution >= 4 is 11.8 Å². The molecular formula is C26H32O7. The third kappa shape index (κ3) is 6.40. The van der Waals surface area contributed by atoms with Gasteiger partial charge in [-0.2, -0.15) is 0 Å². The Kier molecular flexibility index (Phi) is 8.58. The fourth-order valence-corrected chi connectivity index (χ4v) is 3.90. The highest BCUT2D eigenvalue weighted by atomic mass is 16.5. The predicted octanol–water partition coefficient (Wildman–Crippen LogP) is 4.95. The zero-order valence-corrected chi connectivity index (χ0v) is 19.3. The second kappa shape index (κ2) is 11.6. The van der Waals surface area contributed by atoms with E-state index in [1.807, 2.05) is 19.1 Å². The summed E-state index contributed by atoms with van der Waals surface area (Å²) in [6, 6.07) is 8.95. The summed E-state index contributed by atoms with van der Waals surface area (Å²) in [5.74, 6) is 0.802. The molecular weight excluding hydrogens is 424 g/mol. The summed E-state index contributed by atoms with van der Waals surface area (Å²) in [6.07, 6.45) is 4.43. The van der Waals surface area contributed by atoms with Crippen LogP contribution >= 0.6 is 0 Å². The highest BCUT2D eigenvalue weighted by Crippen LogP contribution is 2.33. The van der Waals surface area contributed by atoms with E-state index in [1.165, 1.54) is 6.92 Å². The monoisotopic (exact) mass is 456 g/mol. The van der Waals surface area contributed by atoms with Crippen LogP contribution in [-0.4, -0.2) is 41.3 Å². The lowest BCUT2D eigenvalue weighted by Crippen LogP contribution is -2.30. The van der Waals surface area contributed by atoms with Gasteiger partial charge in [-0.3, -0.25) is 4.79 Å². The van der Waals surface area contributed by atoms with Gasteiger partial charge in [0.25, 0.3) is 0 Å². The molecule has 0 aliphatic carbocycles. The van der Waals surface area contributed by atoms with Crippen LogP contribution in [0, 0.1) is 0 Å². The van der Waals surface area contributed by atoms with Crippen LogP contribution in [0.5, 0.6) is 23.0 Å². The van der Waals surface area contributed by atoms with Crippen LogP contribution in [0.1, 0.15) is 67.4 Å². The van der Waals surface area contributed by atoms with E-state index in [9.17, 15) is 14.7 Å². The number of hydrogen-bond acceptors (Lipinski definition) is 6. The number of carbonyl (C=O) groups excluding carboxylic acids is 1. The van der Waals surface area contributed by atoms with Gasteiger partial charge in [0.05, 0.1) is 18.8 Å². The number of ether oxygens (including phenoxy) is 3. The maximum Gasteiger partial charge on any atom is 0.344 e. The molecule has 2 aromatic rings. The summed E-state index contributed by atoms with van der Waals surface area (Å²) in [5.41, 5.74) is 2.02. The number of carboxylic acids is 1. The molecule has 0 amide bonds. The van der Waals surface area contributed by atoms with Crippen molar-refractivity contribution in [2.75, 3.05) is 13.2 Å². The van der Waals surface area contributed by atoms with Gasteiger partial charge in [0.1, 0.15) is 23.0 Å². The van der Waals surface area contributed by atoms with Crippen LogP contribution in [-0.2, 0) is 17.6 Å². The molecule has 2 N–H and O–H groups in total. The molecule has 33 heavy (non-hydrogen) atoms. The van der Waals surface area contributed by atoms with Gasteiger partial charge in [-0.05, 0) is 69.2 Å². The first-order chi connectivity index (χ1) is 15.9. The van der Waals surface area contributed by atoms with Crippen molar-refractivity contribution in [3.8, 4) is 23.0 Å². The van der Waals surface area contributed by atoms with Gasteiger partial charge in [0, 0.05) is 11.6 Å². The molecule has 7 heteroatoms. The number of benzene rings is 2. The van der Waals surface area contributed by atoms with Crippen molar-refractivity contribution in [1.82, 2.24) is 0 Å². The zero-order chi connectivity index (χ0) is 23.8. The van der Waals surface area contributed by atoms with E-state index in [2.05, 4.69) is 0 Å². The number of Topliss-reactive ketones (excluding diaryl/α,β-unsaturated/α-hetero) is 1. The number of phenolic OH excluding ortho intramolecular Hbond substituents is 1. The van der Waals surface area contributed by atoms with E-state index in [1.54, 1.807) is 18.2 Å². The number of aryl methyl sites for hydroxylation is 1. The number of hydrogen-bond donors (Lipinski definition) is 2. The molecule has 1 unspecified atom stereocenters. The molecule has 1 heterocycles. The van der Waals surface area contributed by atoms with E-state index in [-0.39, 0.29) is 11.5 Å². The number of phenols is 1. The van der Waals surface area contributed by atoms with Crippen molar-refractivity contribution in [3.05, 3.63) is 47.0 Å². The van der Waals surface area contributed by atoms with Crippen molar-refractivity contribution in [1.29, 1.82) is 0 Å². The molecule has 1 aliphatic heterocycles. The smallest absolute Gasteiger partial charge is 0.344 e. The van der Waals surface area contributed by atoms with E-state index in [0.717, 1.165) is 31.2 Å². The Balaban J connectivity index is 1.41. The van der Waals surface area contributed by atoms with Crippen molar-refractivity contribution in [2.24, 2.45) is 0 Å². The standard InChI is InChI=1S/C26H32O7/c1-3-7-21-22(13-11-20(17(2)27)25(21)28)32-15-6-4-5-14-31-19-10-8-18-9-12-23(26(29)30)33-24(18)16-19/h8,10-11,13,16,23,28H,3-7,9,12,14-15H2,1-2H3,(H,29,30). The Hall–Kier alpha value is -3.22. The molecule has 178 valence electrons. The first kappa shape index (κ1) is 24.4. The normalized spacial score (nSPS) is 14.8. The molecule has 0 radical (unpaired) electrons. The fraction of sp³-hybridized carbons (Fsp3) is 0.462. The molecule has 3 rings (SSSR count). The third-order valence-corrected chi connectivity index (χ3v) is 5.69. The van der Waals surface area contributed by atoms with Gasteiger partial charge < -0.3 is 24.4 Å². The SMILES string of the molecule is CCCc1c(OCCCCCOc2ccc3c(c2)OC(C(=O)O)CC3)ccc(C(C)=O)c1O. The number of fused-ring (bicyclic) bond motifs is 1. The summed E-state index contributed by atoms with van der Waals surface area (Å²) in [6.45, 7) is 4.51. The molecule has 1 atom stereocenters. The number of aliphatic carboxylic acids is 1. The van der Waals surface area contributed by atoms with E-state index < -0.39 is 12.1 Å². The second-order valence-electron chi connectivity index (χ2n) is 8.26. The largest absolute Gasteiger partial charge is 0.507 e.